The van der Waals surface area contributed by atoms with Gasteiger partial charge in [0.05, 0.1) is 0 Å². The fourth-order valence-corrected chi connectivity index (χ4v) is 7.21. The molecule has 0 aromatic heterocycles. The second-order valence-corrected chi connectivity index (χ2v) is 12.7. The molecule has 0 saturated carbocycles. The van der Waals surface area contributed by atoms with E-state index < -0.39 is 0 Å². The minimum absolute atomic E-state index is 0.366. The Hall–Kier alpha value is -6.06. The maximum atomic E-state index is 5.09. The smallest absolute Gasteiger partial charge is 0.169 e. The molecule has 3 nitrogen and oxygen atoms in total. The monoisotopic (exact) mass is 615 g/mol. The molecule has 0 radical (unpaired) electrons. The van der Waals surface area contributed by atoms with Crippen LogP contribution in [-0.2, 0) is 0 Å². The minimum Gasteiger partial charge on any atom is -0.324 e. The highest BCUT2D eigenvalue weighted by Gasteiger charge is 2.26. The van der Waals surface area contributed by atoms with Crippen LogP contribution in [0.1, 0.15) is 46.8 Å². The van der Waals surface area contributed by atoms with Crippen molar-refractivity contribution in [3.05, 3.63) is 192 Å². The van der Waals surface area contributed by atoms with Crippen LogP contribution in [0.15, 0.2) is 174 Å². The van der Waals surface area contributed by atoms with Gasteiger partial charge in [0.1, 0.15) is 11.7 Å². The molecule has 228 valence electrons. The van der Waals surface area contributed by atoms with Crippen molar-refractivity contribution in [3.63, 3.8) is 0 Å². The van der Waals surface area contributed by atoms with E-state index in [1.165, 1.54) is 49.7 Å². The molecule has 0 spiro atoms. The van der Waals surface area contributed by atoms with Gasteiger partial charge in [-0.15, -0.1) is 0 Å². The van der Waals surface area contributed by atoms with Crippen LogP contribution < -0.4 is 5.32 Å². The predicted molar refractivity (Wildman–Crippen MR) is 200 cm³/mol. The average Bonchev–Trinajstić information content (AvgIpc) is 3.44. The van der Waals surface area contributed by atoms with Gasteiger partial charge in [-0.2, -0.15) is 0 Å². The molecular weight excluding hydrogens is 583 g/mol. The third kappa shape index (κ3) is 5.01. The molecule has 0 saturated heterocycles. The van der Waals surface area contributed by atoms with Gasteiger partial charge in [0, 0.05) is 17.0 Å². The number of hydrogen-bond donors (Lipinski definition) is 1. The summed E-state index contributed by atoms with van der Waals surface area (Å²) in [6.45, 7) is 2.33. The van der Waals surface area contributed by atoms with Crippen LogP contribution in [0.5, 0.6) is 0 Å². The fraction of sp³-hybridized carbons (Fsp3) is 0.0667. The van der Waals surface area contributed by atoms with Crippen LogP contribution in [0.2, 0.25) is 0 Å². The zero-order valence-corrected chi connectivity index (χ0v) is 26.6. The van der Waals surface area contributed by atoms with Crippen molar-refractivity contribution in [1.82, 2.24) is 5.32 Å². The molecule has 9 rings (SSSR count). The van der Waals surface area contributed by atoms with E-state index in [4.69, 9.17) is 9.98 Å². The Balaban J connectivity index is 1.08. The van der Waals surface area contributed by atoms with E-state index in [-0.39, 0.29) is 6.17 Å². The summed E-state index contributed by atoms with van der Waals surface area (Å²) in [5, 5.41) is 6.09. The van der Waals surface area contributed by atoms with E-state index in [2.05, 4.69) is 140 Å². The second-order valence-electron chi connectivity index (χ2n) is 12.7. The first-order valence-electron chi connectivity index (χ1n) is 16.6. The molecular formula is C45H33N3. The standard InChI is InChI=1S/C45H33N3/c1-29-39-23-22-37(28-41(39)42-27-36-17-9-8-16-35(36)26-40(29)42)33-19-10-18-32(24-33)34-20-11-21-38(25-34)45-47-43(30-12-4-2-5-13-30)46-44(48-45)31-14-6-3-7-15-31/h2-29,45H,1H3,(H,46,47,48)/t29-/m1/s1. The van der Waals surface area contributed by atoms with E-state index >= 15 is 0 Å². The van der Waals surface area contributed by atoms with Crippen molar-refractivity contribution < 1.29 is 0 Å². The molecule has 48 heavy (non-hydrogen) atoms. The Morgan fingerprint density at radius 1 is 0.417 bits per heavy atom. The van der Waals surface area contributed by atoms with Gasteiger partial charge >= 0.3 is 0 Å². The second kappa shape index (κ2) is 11.6. The fourth-order valence-electron chi connectivity index (χ4n) is 7.21. The lowest BCUT2D eigenvalue weighted by Crippen LogP contribution is -2.35. The SMILES string of the molecule is C[C@@H]1c2ccc(-c3cccc(-c4cccc(C5N=C(c6ccccc6)NC(c6ccccc6)=N5)c4)c3)cc2-c2cc3ccccc3cc21. The van der Waals surface area contributed by atoms with E-state index in [9.17, 15) is 0 Å². The zero-order chi connectivity index (χ0) is 32.0. The summed E-state index contributed by atoms with van der Waals surface area (Å²) >= 11 is 0. The maximum Gasteiger partial charge on any atom is 0.169 e. The predicted octanol–water partition coefficient (Wildman–Crippen LogP) is 10.8. The number of aliphatic imine (C=N–C) groups is 2. The van der Waals surface area contributed by atoms with Gasteiger partial charge in [-0.1, -0.05) is 140 Å². The molecule has 0 bridgehead atoms. The largest absolute Gasteiger partial charge is 0.324 e. The number of nitrogens with one attached hydrogen (secondary N) is 1. The molecule has 2 aliphatic rings. The summed E-state index contributed by atoms with van der Waals surface area (Å²) in [7, 11) is 0. The molecule has 1 aliphatic heterocycles. The molecule has 1 heterocycles. The maximum absolute atomic E-state index is 5.09. The third-order valence-corrected chi connectivity index (χ3v) is 9.74. The van der Waals surface area contributed by atoms with Crippen molar-refractivity contribution in [2.45, 2.75) is 19.0 Å². The van der Waals surface area contributed by atoms with Gasteiger partial charge in [-0.25, -0.2) is 9.98 Å². The lowest BCUT2D eigenvalue weighted by atomic mass is 9.94. The Morgan fingerprint density at radius 3 is 1.60 bits per heavy atom. The van der Waals surface area contributed by atoms with Crippen molar-refractivity contribution in [2.24, 2.45) is 9.98 Å². The van der Waals surface area contributed by atoms with Crippen LogP contribution in [0.25, 0.3) is 44.2 Å². The number of hydrogen-bond acceptors (Lipinski definition) is 3. The molecule has 7 aromatic carbocycles. The van der Waals surface area contributed by atoms with E-state index in [1.54, 1.807) is 0 Å². The lowest BCUT2D eigenvalue weighted by Gasteiger charge is -2.22. The summed E-state index contributed by atoms with van der Waals surface area (Å²) in [4.78, 5) is 10.2. The van der Waals surface area contributed by atoms with Gasteiger partial charge < -0.3 is 5.32 Å². The highest BCUT2D eigenvalue weighted by atomic mass is 15.2. The van der Waals surface area contributed by atoms with Crippen LogP contribution in [-0.4, -0.2) is 11.7 Å². The zero-order valence-electron chi connectivity index (χ0n) is 26.6. The Bertz CT molecular complexity index is 2330. The molecule has 1 N–H and O–H groups in total. The Morgan fingerprint density at radius 2 is 0.938 bits per heavy atom. The Kier molecular flexibility index (Phi) is 6.83. The van der Waals surface area contributed by atoms with Crippen LogP contribution in [0.3, 0.4) is 0 Å². The molecule has 0 fully saturated rings. The van der Waals surface area contributed by atoms with Crippen LogP contribution in [0.4, 0.5) is 0 Å². The summed E-state index contributed by atoms with van der Waals surface area (Å²) in [6, 6.07) is 58.5. The van der Waals surface area contributed by atoms with Crippen LogP contribution >= 0.6 is 0 Å². The van der Waals surface area contributed by atoms with E-state index in [0.717, 1.165) is 33.9 Å². The minimum atomic E-state index is -0.366. The molecule has 1 aliphatic carbocycles. The van der Waals surface area contributed by atoms with Crippen molar-refractivity contribution >= 4 is 22.4 Å². The van der Waals surface area contributed by atoms with Crippen molar-refractivity contribution in [3.8, 4) is 33.4 Å². The van der Waals surface area contributed by atoms with Gasteiger partial charge in [0.15, 0.2) is 6.17 Å². The summed E-state index contributed by atoms with van der Waals surface area (Å²) < 4.78 is 0. The average molecular weight is 616 g/mol. The number of rotatable bonds is 5. The first kappa shape index (κ1) is 28.2. The first-order valence-corrected chi connectivity index (χ1v) is 16.6. The molecule has 7 aromatic rings. The normalized spacial score (nSPS) is 15.3. The van der Waals surface area contributed by atoms with Crippen molar-refractivity contribution in [1.29, 1.82) is 0 Å². The van der Waals surface area contributed by atoms with E-state index in [0.29, 0.717) is 5.92 Å². The van der Waals surface area contributed by atoms with Gasteiger partial charge in [-0.05, 0) is 91.2 Å². The summed E-state index contributed by atoms with van der Waals surface area (Å²) in [5.41, 5.74) is 13.4. The summed E-state index contributed by atoms with van der Waals surface area (Å²) in [5.74, 6) is 2.03. The molecule has 0 amide bonds. The van der Waals surface area contributed by atoms with Gasteiger partial charge in [-0.3, -0.25) is 0 Å². The quantitative estimate of drug-likeness (QED) is 0.205. The number of benzene rings is 7. The van der Waals surface area contributed by atoms with Crippen molar-refractivity contribution in [2.75, 3.05) is 0 Å². The first-order chi connectivity index (χ1) is 23.7. The number of nitrogens with zero attached hydrogens (tertiary/aromatic N) is 2. The number of amidine groups is 2. The lowest BCUT2D eigenvalue weighted by molar-refractivity contribution is 0.756. The number of fused-ring (bicyclic) bond motifs is 4. The third-order valence-electron chi connectivity index (χ3n) is 9.74. The Labute approximate surface area is 281 Å². The highest BCUT2D eigenvalue weighted by molar-refractivity contribution is 6.15. The van der Waals surface area contributed by atoms with E-state index in [1.807, 2.05) is 36.4 Å². The van der Waals surface area contributed by atoms with Gasteiger partial charge in [0.2, 0.25) is 0 Å². The topological polar surface area (TPSA) is 36.8 Å². The molecule has 1 atom stereocenters. The van der Waals surface area contributed by atoms with Crippen LogP contribution in [0, 0.1) is 0 Å². The summed E-state index contributed by atoms with van der Waals surface area (Å²) in [6.07, 6.45) is -0.366. The molecule has 0 unspecified atom stereocenters. The van der Waals surface area contributed by atoms with Gasteiger partial charge in [0.25, 0.3) is 0 Å². The molecule has 3 heteroatoms. The highest BCUT2D eigenvalue weighted by Crippen LogP contribution is 2.47.